The number of aromatic nitrogens is 2. The Kier molecular flexibility index (Phi) is 5.25. The lowest BCUT2D eigenvalue weighted by molar-refractivity contribution is -0.113. The zero-order valence-electron chi connectivity index (χ0n) is 15.3. The minimum absolute atomic E-state index is 0.0331. The normalized spacial score (nSPS) is 13.9. The summed E-state index contributed by atoms with van der Waals surface area (Å²) in [5, 5.41) is 4.80. The van der Waals surface area contributed by atoms with Crippen LogP contribution in [0.1, 0.15) is 18.7 Å². The number of thioether (sulfide) groups is 1. The summed E-state index contributed by atoms with van der Waals surface area (Å²) in [7, 11) is 0. The molecule has 27 heavy (non-hydrogen) atoms. The molecule has 3 aromatic rings. The van der Waals surface area contributed by atoms with Crippen LogP contribution in [0.15, 0.2) is 53.6 Å². The summed E-state index contributed by atoms with van der Waals surface area (Å²) in [6, 6.07) is 16.0. The predicted octanol–water partition coefficient (Wildman–Crippen LogP) is 4.27. The first kappa shape index (κ1) is 17.8. The van der Waals surface area contributed by atoms with Gasteiger partial charge >= 0.3 is 0 Å². The summed E-state index contributed by atoms with van der Waals surface area (Å²) in [5.41, 5.74) is 2.96. The van der Waals surface area contributed by atoms with Gasteiger partial charge in [0.1, 0.15) is 10.9 Å². The zero-order chi connectivity index (χ0) is 18.6. The van der Waals surface area contributed by atoms with Crippen molar-refractivity contribution >= 4 is 39.9 Å². The number of fused-ring (bicyclic) bond motifs is 1. The van der Waals surface area contributed by atoms with Crippen LogP contribution < -0.4 is 10.2 Å². The second kappa shape index (κ2) is 7.96. The lowest BCUT2D eigenvalue weighted by Gasteiger charge is -2.17. The number of amides is 1. The molecule has 0 radical (unpaired) electrons. The SMILES string of the molecule is Cc1nc(SCC(=O)Nc2ccc(N3CCCC3)cc2)c2ccccc2n1. The largest absolute Gasteiger partial charge is 0.372 e. The van der Waals surface area contributed by atoms with Crippen LogP contribution in [-0.2, 0) is 4.79 Å². The van der Waals surface area contributed by atoms with Crippen molar-refractivity contribution in [1.29, 1.82) is 0 Å². The van der Waals surface area contributed by atoms with E-state index in [1.165, 1.54) is 30.3 Å². The number of carbonyl (C=O) groups is 1. The fourth-order valence-electron chi connectivity index (χ4n) is 3.33. The van der Waals surface area contributed by atoms with Gasteiger partial charge in [0.25, 0.3) is 0 Å². The first-order chi connectivity index (χ1) is 13.2. The number of benzene rings is 2. The molecule has 1 amide bonds. The van der Waals surface area contributed by atoms with E-state index in [0.29, 0.717) is 11.6 Å². The molecule has 4 rings (SSSR count). The van der Waals surface area contributed by atoms with E-state index in [-0.39, 0.29) is 5.91 Å². The molecule has 2 aromatic carbocycles. The Bertz CT molecular complexity index is 952. The quantitative estimate of drug-likeness (QED) is 0.531. The van der Waals surface area contributed by atoms with Crippen molar-refractivity contribution in [1.82, 2.24) is 9.97 Å². The maximum Gasteiger partial charge on any atom is 0.234 e. The Hall–Kier alpha value is -2.60. The summed E-state index contributed by atoms with van der Waals surface area (Å²) in [5.74, 6) is 0.997. The molecule has 2 heterocycles. The van der Waals surface area contributed by atoms with Crippen LogP contribution in [0.25, 0.3) is 10.9 Å². The van der Waals surface area contributed by atoms with E-state index in [4.69, 9.17) is 0 Å². The summed E-state index contributed by atoms with van der Waals surface area (Å²) < 4.78 is 0. The van der Waals surface area contributed by atoms with Gasteiger partial charge in [0.15, 0.2) is 0 Å². The highest BCUT2D eigenvalue weighted by molar-refractivity contribution is 8.00. The molecule has 0 aliphatic carbocycles. The second-order valence-electron chi connectivity index (χ2n) is 6.67. The van der Waals surface area contributed by atoms with Gasteiger partial charge in [-0.05, 0) is 50.1 Å². The van der Waals surface area contributed by atoms with Gasteiger partial charge in [0, 0.05) is 29.9 Å². The molecule has 1 aliphatic rings. The van der Waals surface area contributed by atoms with E-state index < -0.39 is 0 Å². The number of hydrogen-bond acceptors (Lipinski definition) is 5. The molecule has 0 saturated carbocycles. The van der Waals surface area contributed by atoms with Crippen molar-refractivity contribution < 1.29 is 4.79 Å². The third-order valence-corrected chi connectivity index (χ3v) is 5.63. The number of rotatable bonds is 5. The van der Waals surface area contributed by atoms with E-state index in [0.717, 1.165) is 34.7 Å². The predicted molar refractivity (Wildman–Crippen MR) is 112 cm³/mol. The summed E-state index contributed by atoms with van der Waals surface area (Å²) in [4.78, 5) is 23.7. The van der Waals surface area contributed by atoms with Crippen LogP contribution in [-0.4, -0.2) is 34.7 Å². The van der Waals surface area contributed by atoms with Gasteiger partial charge in [0.05, 0.1) is 11.3 Å². The molecule has 0 unspecified atom stereocenters. The molecular formula is C21H22N4OS. The van der Waals surface area contributed by atoms with Crippen molar-refractivity contribution in [2.75, 3.05) is 29.1 Å². The smallest absolute Gasteiger partial charge is 0.234 e. The first-order valence-electron chi connectivity index (χ1n) is 9.20. The van der Waals surface area contributed by atoms with Crippen LogP contribution in [0.3, 0.4) is 0 Å². The van der Waals surface area contributed by atoms with E-state index in [1.54, 1.807) is 0 Å². The number of anilines is 2. The van der Waals surface area contributed by atoms with Gasteiger partial charge < -0.3 is 10.2 Å². The van der Waals surface area contributed by atoms with Crippen LogP contribution in [0.2, 0.25) is 0 Å². The van der Waals surface area contributed by atoms with Crippen molar-refractivity contribution in [2.24, 2.45) is 0 Å². The third kappa shape index (κ3) is 4.22. The average molecular weight is 379 g/mol. The van der Waals surface area contributed by atoms with Crippen LogP contribution in [0.5, 0.6) is 0 Å². The van der Waals surface area contributed by atoms with Crippen LogP contribution in [0.4, 0.5) is 11.4 Å². The molecule has 1 aromatic heterocycles. The van der Waals surface area contributed by atoms with E-state index in [1.807, 2.05) is 43.3 Å². The molecule has 0 bridgehead atoms. The molecule has 138 valence electrons. The van der Waals surface area contributed by atoms with Gasteiger partial charge in [-0.1, -0.05) is 30.0 Å². The Labute approximate surface area is 163 Å². The molecule has 6 heteroatoms. The molecular weight excluding hydrogens is 356 g/mol. The molecule has 1 N–H and O–H groups in total. The van der Waals surface area contributed by atoms with Crippen molar-refractivity contribution in [3.63, 3.8) is 0 Å². The highest BCUT2D eigenvalue weighted by Crippen LogP contribution is 2.26. The second-order valence-corrected chi connectivity index (χ2v) is 7.64. The number of aryl methyl sites for hydroxylation is 1. The molecule has 5 nitrogen and oxygen atoms in total. The average Bonchev–Trinajstić information content (AvgIpc) is 3.21. The molecule has 1 saturated heterocycles. The molecule has 0 atom stereocenters. The molecule has 1 fully saturated rings. The van der Waals surface area contributed by atoms with Crippen molar-refractivity contribution in [3.05, 3.63) is 54.4 Å². The lowest BCUT2D eigenvalue weighted by Crippen LogP contribution is -2.18. The minimum atomic E-state index is -0.0331. The Morgan fingerprint density at radius 3 is 2.59 bits per heavy atom. The minimum Gasteiger partial charge on any atom is -0.372 e. The maximum atomic E-state index is 12.4. The number of nitrogens with zero attached hydrogens (tertiary/aromatic N) is 3. The Morgan fingerprint density at radius 1 is 1.07 bits per heavy atom. The third-order valence-electron chi connectivity index (χ3n) is 4.64. The molecule has 1 aliphatic heterocycles. The van der Waals surface area contributed by atoms with E-state index in [9.17, 15) is 4.79 Å². The van der Waals surface area contributed by atoms with Gasteiger partial charge in [-0.15, -0.1) is 0 Å². The van der Waals surface area contributed by atoms with Gasteiger partial charge in [-0.25, -0.2) is 9.97 Å². The Balaban J connectivity index is 1.39. The Morgan fingerprint density at radius 2 is 1.81 bits per heavy atom. The number of nitrogens with one attached hydrogen (secondary N) is 1. The topological polar surface area (TPSA) is 58.1 Å². The lowest BCUT2D eigenvalue weighted by atomic mass is 10.2. The van der Waals surface area contributed by atoms with Gasteiger partial charge in [0.2, 0.25) is 5.91 Å². The summed E-state index contributed by atoms with van der Waals surface area (Å²) in [6.45, 7) is 4.11. The number of hydrogen-bond donors (Lipinski definition) is 1. The maximum absolute atomic E-state index is 12.4. The summed E-state index contributed by atoms with van der Waals surface area (Å²) in [6.07, 6.45) is 2.51. The zero-order valence-corrected chi connectivity index (χ0v) is 16.1. The number of para-hydroxylation sites is 1. The van der Waals surface area contributed by atoms with Crippen LogP contribution >= 0.6 is 11.8 Å². The highest BCUT2D eigenvalue weighted by atomic mass is 32.2. The summed E-state index contributed by atoms with van der Waals surface area (Å²) >= 11 is 1.44. The number of carbonyl (C=O) groups excluding carboxylic acids is 1. The fraction of sp³-hybridized carbons (Fsp3) is 0.286. The monoisotopic (exact) mass is 378 g/mol. The standard InChI is InChI=1S/C21H22N4OS/c1-15-22-19-7-3-2-6-18(19)21(23-15)27-14-20(26)24-16-8-10-17(11-9-16)25-12-4-5-13-25/h2-3,6-11H,4-5,12-14H2,1H3,(H,24,26). The van der Waals surface area contributed by atoms with Gasteiger partial charge in [-0.3, -0.25) is 4.79 Å². The van der Waals surface area contributed by atoms with Crippen LogP contribution in [0, 0.1) is 6.92 Å². The highest BCUT2D eigenvalue weighted by Gasteiger charge is 2.13. The first-order valence-corrected chi connectivity index (χ1v) is 10.2. The van der Waals surface area contributed by atoms with E-state index >= 15 is 0 Å². The fourth-order valence-corrected chi connectivity index (χ4v) is 4.20. The van der Waals surface area contributed by atoms with Crippen molar-refractivity contribution in [3.8, 4) is 0 Å². The molecule has 0 spiro atoms. The van der Waals surface area contributed by atoms with Gasteiger partial charge in [-0.2, -0.15) is 0 Å². The van der Waals surface area contributed by atoms with Crippen molar-refractivity contribution in [2.45, 2.75) is 24.8 Å². The van der Waals surface area contributed by atoms with E-state index in [2.05, 4.69) is 32.3 Å².